The molecule has 0 aliphatic carbocycles. The Morgan fingerprint density at radius 2 is 1.80 bits per heavy atom. The summed E-state index contributed by atoms with van der Waals surface area (Å²) in [4.78, 5) is 26.0. The largest absolute Gasteiger partial charge is 0.377 e. The summed E-state index contributed by atoms with van der Waals surface area (Å²) in [7, 11) is 4.86. The number of nitro groups is 1. The predicted molar refractivity (Wildman–Crippen MR) is 89.6 cm³/mol. The zero-order valence-electron chi connectivity index (χ0n) is 14.0. The van der Waals surface area contributed by atoms with Crippen molar-refractivity contribution in [3.8, 4) is 0 Å². The summed E-state index contributed by atoms with van der Waals surface area (Å²) < 4.78 is 26.8. The van der Waals surface area contributed by atoms with Gasteiger partial charge in [-0.15, -0.1) is 0 Å². The molecule has 0 fully saturated rings. The van der Waals surface area contributed by atoms with E-state index >= 15 is 0 Å². The fraction of sp³-hybridized carbons (Fsp3) is 0.235. The van der Waals surface area contributed by atoms with E-state index in [1.54, 1.807) is 19.0 Å². The van der Waals surface area contributed by atoms with Gasteiger partial charge in [0.15, 0.2) is 0 Å². The van der Waals surface area contributed by atoms with Crippen LogP contribution in [0.25, 0.3) is 0 Å². The van der Waals surface area contributed by atoms with Crippen LogP contribution in [0.2, 0.25) is 0 Å². The second-order valence-corrected chi connectivity index (χ2v) is 5.75. The second-order valence-electron chi connectivity index (χ2n) is 5.75. The third-order valence-electron chi connectivity index (χ3n) is 3.67. The maximum Gasteiger partial charge on any atom is 0.270 e. The number of hydrogen-bond acceptors (Lipinski definition) is 4. The number of anilines is 1. The van der Waals surface area contributed by atoms with Gasteiger partial charge in [-0.05, 0) is 12.1 Å². The van der Waals surface area contributed by atoms with Crippen molar-refractivity contribution in [3.05, 3.63) is 69.3 Å². The van der Waals surface area contributed by atoms with E-state index in [1.807, 2.05) is 0 Å². The van der Waals surface area contributed by atoms with Crippen molar-refractivity contribution in [2.75, 3.05) is 26.0 Å². The zero-order valence-corrected chi connectivity index (χ0v) is 14.0. The van der Waals surface area contributed by atoms with Gasteiger partial charge in [0.25, 0.3) is 11.6 Å². The van der Waals surface area contributed by atoms with E-state index in [1.165, 1.54) is 36.2 Å². The highest BCUT2D eigenvalue weighted by molar-refractivity contribution is 6.00. The Hall–Kier alpha value is -3.03. The van der Waals surface area contributed by atoms with Crippen molar-refractivity contribution < 1.29 is 18.5 Å². The number of rotatable bonds is 5. The molecule has 0 saturated carbocycles. The molecule has 1 amide bonds. The summed E-state index contributed by atoms with van der Waals surface area (Å²) in [6.45, 7) is -0.0967. The molecule has 0 saturated heterocycles. The van der Waals surface area contributed by atoms with Gasteiger partial charge < -0.3 is 9.80 Å². The monoisotopic (exact) mass is 349 g/mol. The molecule has 132 valence electrons. The number of amides is 1. The number of benzene rings is 2. The third kappa shape index (κ3) is 4.09. The molecule has 0 unspecified atom stereocenters. The average Bonchev–Trinajstić information content (AvgIpc) is 2.55. The molecular formula is C17H17F2N3O3. The maximum atomic E-state index is 13.8. The molecule has 0 spiro atoms. The van der Waals surface area contributed by atoms with Crippen LogP contribution in [0.5, 0.6) is 0 Å². The lowest BCUT2D eigenvalue weighted by atomic mass is 10.1. The van der Waals surface area contributed by atoms with Crippen molar-refractivity contribution in [1.29, 1.82) is 0 Å². The smallest absolute Gasteiger partial charge is 0.270 e. The molecule has 2 rings (SSSR count). The van der Waals surface area contributed by atoms with Crippen LogP contribution in [0, 0.1) is 21.7 Å². The number of carbonyl (C=O) groups excluding carboxylic acids is 1. The quantitative estimate of drug-likeness (QED) is 0.614. The number of hydrogen-bond donors (Lipinski definition) is 0. The van der Waals surface area contributed by atoms with Crippen LogP contribution in [0.4, 0.5) is 20.2 Å². The standard InChI is InChI=1S/C17H17F2N3O3/c1-20(2)16-7-6-13(22(24)25)9-14(16)17(23)21(3)10-11-4-5-12(18)8-15(11)19/h4-9H,10H2,1-3H3. The molecule has 2 aromatic rings. The zero-order chi connectivity index (χ0) is 18.7. The summed E-state index contributed by atoms with van der Waals surface area (Å²) in [6.07, 6.45) is 0. The van der Waals surface area contributed by atoms with Crippen molar-refractivity contribution in [2.45, 2.75) is 6.54 Å². The normalized spacial score (nSPS) is 10.4. The summed E-state index contributed by atoms with van der Waals surface area (Å²) in [5, 5.41) is 11.0. The first-order valence-corrected chi connectivity index (χ1v) is 7.36. The van der Waals surface area contributed by atoms with Crippen LogP contribution in [0.3, 0.4) is 0 Å². The maximum absolute atomic E-state index is 13.8. The first-order chi connectivity index (χ1) is 11.7. The highest BCUT2D eigenvalue weighted by Crippen LogP contribution is 2.26. The summed E-state index contributed by atoms with van der Waals surface area (Å²) >= 11 is 0. The van der Waals surface area contributed by atoms with E-state index in [9.17, 15) is 23.7 Å². The minimum absolute atomic E-state index is 0.0967. The Morgan fingerprint density at radius 3 is 2.36 bits per heavy atom. The molecule has 0 radical (unpaired) electrons. The molecule has 0 heterocycles. The summed E-state index contributed by atoms with van der Waals surface area (Å²) in [5.74, 6) is -1.97. The molecule has 25 heavy (non-hydrogen) atoms. The van der Waals surface area contributed by atoms with Gasteiger partial charge in [0.2, 0.25) is 0 Å². The fourth-order valence-electron chi connectivity index (χ4n) is 2.38. The van der Waals surface area contributed by atoms with E-state index in [0.29, 0.717) is 5.69 Å². The van der Waals surface area contributed by atoms with Crippen molar-refractivity contribution in [1.82, 2.24) is 4.90 Å². The number of nitro benzene ring substituents is 1. The lowest BCUT2D eigenvalue weighted by molar-refractivity contribution is -0.384. The predicted octanol–water partition coefficient (Wildman–Crippen LogP) is 3.21. The van der Waals surface area contributed by atoms with Gasteiger partial charge in [0.1, 0.15) is 11.6 Å². The molecule has 6 nitrogen and oxygen atoms in total. The van der Waals surface area contributed by atoms with Crippen LogP contribution >= 0.6 is 0 Å². The number of nitrogens with zero attached hydrogens (tertiary/aromatic N) is 3. The molecule has 0 aliphatic rings. The van der Waals surface area contributed by atoms with Crippen LogP contribution in [0.15, 0.2) is 36.4 Å². The molecule has 0 bridgehead atoms. The Balaban J connectivity index is 2.34. The van der Waals surface area contributed by atoms with Crippen molar-refractivity contribution >= 4 is 17.3 Å². The molecule has 0 atom stereocenters. The summed E-state index contributed by atoms with van der Waals surface area (Å²) in [5.41, 5.74) is 0.565. The van der Waals surface area contributed by atoms with Crippen LogP contribution < -0.4 is 4.90 Å². The Morgan fingerprint density at radius 1 is 1.12 bits per heavy atom. The van der Waals surface area contributed by atoms with Crippen LogP contribution in [0.1, 0.15) is 15.9 Å². The minimum atomic E-state index is -0.758. The molecule has 0 aromatic heterocycles. The molecule has 0 N–H and O–H groups in total. The Kier molecular flexibility index (Phi) is 5.31. The lowest BCUT2D eigenvalue weighted by Gasteiger charge is -2.22. The van der Waals surface area contributed by atoms with E-state index in [2.05, 4.69) is 0 Å². The van der Waals surface area contributed by atoms with Gasteiger partial charge in [-0.3, -0.25) is 14.9 Å². The third-order valence-corrected chi connectivity index (χ3v) is 3.67. The van der Waals surface area contributed by atoms with Gasteiger partial charge >= 0.3 is 0 Å². The van der Waals surface area contributed by atoms with E-state index < -0.39 is 22.5 Å². The Labute approximate surface area is 143 Å². The van der Waals surface area contributed by atoms with Gasteiger partial charge in [0, 0.05) is 57.1 Å². The number of non-ortho nitro benzene ring substituents is 1. The van der Waals surface area contributed by atoms with Crippen molar-refractivity contribution in [3.63, 3.8) is 0 Å². The number of halogens is 2. The van der Waals surface area contributed by atoms with Gasteiger partial charge in [-0.25, -0.2) is 8.78 Å². The summed E-state index contributed by atoms with van der Waals surface area (Å²) in [6, 6.07) is 7.09. The van der Waals surface area contributed by atoms with E-state index in [0.717, 1.165) is 12.1 Å². The van der Waals surface area contributed by atoms with Crippen LogP contribution in [-0.4, -0.2) is 36.9 Å². The molecular weight excluding hydrogens is 332 g/mol. The molecule has 0 aliphatic heterocycles. The molecule has 2 aromatic carbocycles. The topological polar surface area (TPSA) is 66.7 Å². The van der Waals surface area contributed by atoms with E-state index in [-0.39, 0.29) is 23.4 Å². The van der Waals surface area contributed by atoms with Gasteiger partial charge in [-0.1, -0.05) is 6.07 Å². The van der Waals surface area contributed by atoms with E-state index in [4.69, 9.17) is 0 Å². The van der Waals surface area contributed by atoms with Crippen LogP contribution in [-0.2, 0) is 6.54 Å². The number of carbonyl (C=O) groups is 1. The lowest BCUT2D eigenvalue weighted by Crippen LogP contribution is -2.28. The second kappa shape index (κ2) is 7.25. The van der Waals surface area contributed by atoms with Crippen molar-refractivity contribution in [2.24, 2.45) is 0 Å². The highest BCUT2D eigenvalue weighted by Gasteiger charge is 2.21. The minimum Gasteiger partial charge on any atom is -0.377 e. The fourth-order valence-corrected chi connectivity index (χ4v) is 2.38. The first kappa shape index (κ1) is 18.3. The van der Waals surface area contributed by atoms with Gasteiger partial charge in [-0.2, -0.15) is 0 Å². The Bertz CT molecular complexity index is 825. The average molecular weight is 349 g/mol. The van der Waals surface area contributed by atoms with Gasteiger partial charge in [0.05, 0.1) is 10.5 Å². The SMILES string of the molecule is CN(Cc1ccc(F)cc1F)C(=O)c1cc([N+](=O)[O-])ccc1N(C)C. The highest BCUT2D eigenvalue weighted by atomic mass is 19.1. The molecule has 8 heteroatoms. The first-order valence-electron chi connectivity index (χ1n) is 7.36.